The number of benzene rings is 3. The Kier molecular flexibility index (Phi) is 7.49. The van der Waals surface area contributed by atoms with E-state index in [1.165, 1.54) is 16.4 Å². The van der Waals surface area contributed by atoms with Crippen LogP contribution in [-0.2, 0) is 21.2 Å². The molecule has 3 aromatic carbocycles. The van der Waals surface area contributed by atoms with E-state index >= 15 is 0 Å². The largest absolute Gasteiger partial charge is 0.352 e. The second kappa shape index (κ2) is 10.7. The number of anilines is 1. The molecule has 7 nitrogen and oxygen atoms in total. The molecule has 0 spiro atoms. The summed E-state index contributed by atoms with van der Waals surface area (Å²) in [4.78, 5) is 24.0. The first kappa shape index (κ1) is 25.1. The van der Waals surface area contributed by atoms with Crippen molar-refractivity contribution in [3.8, 4) is 0 Å². The predicted molar refractivity (Wildman–Crippen MR) is 136 cm³/mol. The van der Waals surface area contributed by atoms with E-state index in [2.05, 4.69) is 17.2 Å². The second-order valence-corrected chi connectivity index (χ2v) is 10.2. The van der Waals surface area contributed by atoms with E-state index in [1.807, 2.05) is 30.3 Å². The number of hydrogen-bond acceptors (Lipinski definition) is 4. The molecule has 0 saturated carbocycles. The van der Waals surface area contributed by atoms with Crippen LogP contribution in [0.2, 0.25) is 0 Å². The van der Waals surface area contributed by atoms with Crippen molar-refractivity contribution < 1.29 is 22.4 Å². The maximum absolute atomic E-state index is 14.9. The fourth-order valence-corrected chi connectivity index (χ4v) is 5.71. The third-order valence-corrected chi connectivity index (χ3v) is 7.83. The van der Waals surface area contributed by atoms with Gasteiger partial charge in [-0.05, 0) is 54.3 Å². The van der Waals surface area contributed by atoms with Crippen LogP contribution < -0.4 is 14.9 Å². The Balaban J connectivity index is 1.52. The Morgan fingerprint density at radius 1 is 1.06 bits per heavy atom. The van der Waals surface area contributed by atoms with Gasteiger partial charge in [0.1, 0.15) is 5.82 Å². The Morgan fingerprint density at radius 2 is 1.78 bits per heavy atom. The standard InChI is InChI=1S/C27H26FN3O4S/c1-2-26(32)30-24-15-17-31(25-11-7-6-10-22(24)25)36(34,35)20-12-13-21(23(28)18-20)27(33)29-16-14-19-8-4-3-5-9-19/h2-13,18,24H,1,14-17H2,(H,29,33)(H,30,32). The maximum atomic E-state index is 14.9. The Hall–Kier alpha value is -3.98. The highest BCUT2D eigenvalue weighted by Crippen LogP contribution is 2.37. The van der Waals surface area contributed by atoms with Gasteiger partial charge in [0.2, 0.25) is 5.91 Å². The van der Waals surface area contributed by atoms with E-state index in [-0.39, 0.29) is 29.0 Å². The highest BCUT2D eigenvalue weighted by Gasteiger charge is 2.34. The number of halogens is 1. The molecule has 1 unspecified atom stereocenters. The van der Waals surface area contributed by atoms with Crippen LogP contribution in [0, 0.1) is 5.82 Å². The van der Waals surface area contributed by atoms with Crippen molar-refractivity contribution >= 4 is 27.5 Å². The zero-order valence-electron chi connectivity index (χ0n) is 19.5. The summed E-state index contributed by atoms with van der Waals surface area (Å²) in [6, 6.07) is 19.3. The number of para-hydroxylation sites is 1. The molecule has 0 radical (unpaired) electrons. The third-order valence-electron chi connectivity index (χ3n) is 6.02. The minimum absolute atomic E-state index is 0.0881. The van der Waals surface area contributed by atoms with Gasteiger partial charge in [-0.3, -0.25) is 13.9 Å². The van der Waals surface area contributed by atoms with Crippen molar-refractivity contribution in [2.45, 2.75) is 23.8 Å². The van der Waals surface area contributed by atoms with E-state index in [9.17, 15) is 22.4 Å². The second-order valence-electron chi connectivity index (χ2n) is 8.32. The van der Waals surface area contributed by atoms with Crippen molar-refractivity contribution in [1.82, 2.24) is 10.6 Å². The lowest BCUT2D eigenvalue weighted by atomic mass is 9.98. The molecule has 0 saturated heterocycles. The van der Waals surface area contributed by atoms with Crippen LogP contribution in [0.3, 0.4) is 0 Å². The normalized spacial score (nSPS) is 15.0. The molecule has 36 heavy (non-hydrogen) atoms. The van der Waals surface area contributed by atoms with Gasteiger partial charge in [0.15, 0.2) is 0 Å². The van der Waals surface area contributed by atoms with Gasteiger partial charge in [-0.1, -0.05) is 55.1 Å². The molecule has 1 heterocycles. The van der Waals surface area contributed by atoms with Crippen molar-refractivity contribution in [2.75, 3.05) is 17.4 Å². The summed E-state index contributed by atoms with van der Waals surface area (Å²) < 4.78 is 43.0. The van der Waals surface area contributed by atoms with Gasteiger partial charge in [0.05, 0.1) is 22.2 Å². The average Bonchev–Trinajstić information content (AvgIpc) is 2.89. The van der Waals surface area contributed by atoms with Gasteiger partial charge in [0.25, 0.3) is 15.9 Å². The maximum Gasteiger partial charge on any atom is 0.264 e. The molecular weight excluding hydrogens is 481 g/mol. The lowest BCUT2D eigenvalue weighted by Crippen LogP contribution is -2.40. The lowest BCUT2D eigenvalue weighted by molar-refractivity contribution is -0.117. The Labute approximate surface area is 209 Å². The number of carbonyl (C=O) groups excluding carboxylic acids is 2. The van der Waals surface area contributed by atoms with Gasteiger partial charge in [0, 0.05) is 13.1 Å². The SMILES string of the molecule is C=CC(=O)NC1CCN(S(=O)(=O)c2ccc(C(=O)NCCc3ccccc3)c(F)c2)c2ccccc21. The molecule has 0 aromatic heterocycles. The number of fused-ring (bicyclic) bond motifs is 1. The van der Waals surface area contributed by atoms with Gasteiger partial charge in [-0.2, -0.15) is 0 Å². The number of carbonyl (C=O) groups is 2. The van der Waals surface area contributed by atoms with E-state index in [1.54, 1.807) is 24.3 Å². The van der Waals surface area contributed by atoms with Gasteiger partial charge >= 0.3 is 0 Å². The first-order valence-corrected chi connectivity index (χ1v) is 12.9. The monoisotopic (exact) mass is 507 g/mol. The highest BCUT2D eigenvalue weighted by molar-refractivity contribution is 7.92. The Bertz CT molecular complexity index is 1390. The van der Waals surface area contributed by atoms with Crippen LogP contribution in [-0.4, -0.2) is 33.3 Å². The van der Waals surface area contributed by atoms with Crippen LogP contribution in [0.5, 0.6) is 0 Å². The first-order chi connectivity index (χ1) is 17.3. The van der Waals surface area contributed by atoms with Crippen LogP contribution in [0.4, 0.5) is 10.1 Å². The summed E-state index contributed by atoms with van der Waals surface area (Å²) in [6.45, 7) is 3.86. The van der Waals surface area contributed by atoms with E-state index in [0.717, 1.165) is 17.7 Å². The summed E-state index contributed by atoms with van der Waals surface area (Å²) in [7, 11) is -4.12. The lowest BCUT2D eigenvalue weighted by Gasteiger charge is -2.35. The number of rotatable bonds is 8. The predicted octanol–water partition coefficient (Wildman–Crippen LogP) is 3.74. The molecule has 0 aliphatic carbocycles. The number of nitrogens with zero attached hydrogens (tertiary/aromatic N) is 1. The molecule has 2 N–H and O–H groups in total. The molecule has 1 aliphatic heterocycles. The first-order valence-electron chi connectivity index (χ1n) is 11.5. The molecule has 1 aliphatic rings. The molecule has 2 amide bonds. The zero-order chi connectivity index (χ0) is 25.7. The van der Waals surface area contributed by atoms with Gasteiger partial charge in [-0.25, -0.2) is 12.8 Å². The van der Waals surface area contributed by atoms with Crippen LogP contribution in [0.25, 0.3) is 0 Å². The van der Waals surface area contributed by atoms with Crippen LogP contribution in [0.15, 0.2) is 90.3 Å². The summed E-state index contributed by atoms with van der Waals surface area (Å²) in [6.07, 6.45) is 2.08. The number of amides is 2. The van der Waals surface area contributed by atoms with Crippen molar-refractivity contribution in [3.63, 3.8) is 0 Å². The summed E-state index contributed by atoms with van der Waals surface area (Å²) >= 11 is 0. The Morgan fingerprint density at radius 3 is 2.50 bits per heavy atom. The fourth-order valence-electron chi connectivity index (χ4n) is 4.19. The topological polar surface area (TPSA) is 95.6 Å². The summed E-state index contributed by atoms with van der Waals surface area (Å²) in [5, 5.41) is 5.48. The molecular formula is C27H26FN3O4S. The molecule has 9 heteroatoms. The van der Waals surface area contributed by atoms with Crippen molar-refractivity contribution in [1.29, 1.82) is 0 Å². The molecule has 0 fully saturated rings. The fraction of sp³-hybridized carbons (Fsp3) is 0.185. The van der Waals surface area contributed by atoms with Crippen LogP contribution in [0.1, 0.15) is 33.9 Å². The summed E-state index contributed by atoms with van der Waals surface area (Å²) in [5.41, 5.74) is 1.85. The van der Waals surface area contributed by atoms with E-state index in [0.29, 0.717) is 30.6 Å². The average molecular weight is 508 g/mol. The minimum atomic E-state index is -4.12. The van der Waals surface area contributed by atoms with Gasteiger partial charge in [-0.15, -0.1) is 0 Å². The van der Waals surface area contributed by atoms with Gasteiger partial charge < -0.3 is 10.6 Å². The van der Waals surface area contributed by atoms with Crippen LogP contribution >= 0.6 is 0 Å². The van der Waals surface area contributed by atoms with E-state index in [4.69, 9.17) is 0 Å². The van der Waals surface area contributed by atoms with Crippen molar-refractivity contribution in [3.05, 3.63) is 108 Å². The highest BCUT2D eigenvalue weighted by atomic mass is 32.2. The minimum Gasteiger partial charge on any atom is -0.352 e. The zero-order valence-corrected chi connectivity index (χ0v) is 20.3. The molecule has 4 rings (SSSR count). The van der Waals surface area contributed by atoms with E-state index < -0.39 is 21.7 Å². The number of nitrogens with one attached hydrogen (secondary N) is 2. The summed E-state index contributed by atoms with van der Waals surface area (Å²) in [5.74, 6) is -1.89. The number of sulfonamides is 1. The van der Waals surface area contributed by atoms with Crippen molar-refractivity contribution in [2.24, 2.45) is 0 Å². The molecule has 0 bridgehead atoms. The molecule has 3 aromatic rings. The molecule has 186 valence electrons. The third kappa shape index (κ3) is 5.31. The molecule has 1 atom stereocenters. The smallest absolute Gasteiger partial charge is 0.264 e. The quantitative estimate of drug-likeness (QED) is 0.454. The number of hydrogen-bond donors (Lipinski definition) is 2.